The van der Waals surface area contributed by atoms with E-state index in [0.29, 0.717) is 18.9 Å². The molecule has 0 fully saturated rings. The van der Waals surface area contributed by atoms with Crippen LogP contribution in [-0.2, 0) is 6.54 Å². The number of carboxylic acid groups (broad SMARTS) is 1. The highest BCUT2D eigenvalue weighted by Crippen LogP contribution is 2.20. The van der Waals surface area contributed by atoms with E-state index in [2.05, 4.69) is 15.5 Å². The first-order valence-corrected chi connectivity index (χ1v) is 6.13. The van der Waals surface area contributed by atoms with Crippen LogP contribution in [0.15, 0.2) is 30.6 Å². The van der Waals surface area contributed by atoms with E-state index < -0.39 is 5.97 Å². The molecule has 1 N–H and O–H groups in total. The van der Waals surface area contributed by atoms with Gasteiger partial charge in [0.25, 0.3) is 0 Å². The van der Waals surface area contributed by atoms with Crippen LogP contribution in [0.4, 0.5) is 0 Å². The zero-order chi connectivity index (χ0) is 14.6. The van der Waals surface area contributed by atoms with Crippen LogP contribution in [0.3, 0.4) is 0 Å². The quantitative estimate of drug-likeness (QED) is 0.859. The van der Waals surface area contributed by atoms with Gasteiger partial charge in [0.2, 0.25) is 0 Å². The maximum Gasteiger partial charge on any atom is 0.335 e. The van der Waals surface area contributed by atoms with Crippen molar-refractivity contribution in [2.45, 2.75) is 20.4 Å². The number of nitrogens with zero attached hydrogens (tertiary/aromatic N) is 4. The Balaban J connectivity index is 1.92. The van der Waals surface area contributed by atoms with Crippen molar-refractivity contribution in [1.82, 2.24) is 20.2 Å². The van der Waals surface area contributed by atoms with Gasteiger partial charge in [-0.1, -0.05) is 13.8 Å². The third-order valence-corrected chi connectivity index (χ3v) is 2.71. The molecule has 7 nitrogen and oxygen atoms in total. The Morgan fingerprint density at radius 3 is 2.60 bits per heavy atom. The predicted molar refractivity (Wildman–Crippen MR) is 70.5 cm³/mol. The molecule has 0 spiro atoms. The third-order valence-electron chi connectivity index (χ3n) is 2.71. The molecule has 1 aromatic heterocycles. The molecule has 2 aromatic rings. The van der Waals surface area contributed by atoms with E-state index in [1.165, 1.54) is 12.1 Å². The first kappa shape index (κ1) is 14.0. The molecule has 0 unspecified atom stereocenters. The number of rotatable bonds is 6. The number of carboxylic acids is 1. The van der Waals surface area contributed by atoms with Gasteiger partial charge in [0.05, 0.1) is 18.7 Å². The molecule has 2 rings (SSSR count). The standard InChI is InChI=1S/C13H16N4O3/c1-13(2,7-17-9-14-15-16-17)8-20-11-5-3-10(4-6-11)12(18)19/h3-6,9H,7-8H2,1-2H3,(H,18,19). The van der Waals surface area contributed by atoms with Crippen LogP contribution in [0, 0.1) is 5.41 Å². The Morgan fingerprint density at radius 2 is 2.05 bits per heavy atom. The Labute approximate surface area is 116 Å². The highest BCUT2D eigenvalue weighted by atomic mass is 16.5. The van der Waals surface area contributed by atoms with Gasteiger partial charge < -0.3 is 9.84 Å². The van der Waals surface area contributed by atoms with Crippen LogP contribution in [0.1, 0.15) is 24.2 Å². The van der Waals surface area contributed by atoms with Crippen LogP contribution < -0.4 is 4.74 Å². The lowest BCUT2D eigenvalue weighted by atomic mass is 9.95. The van der Waals surface area contributed by atoms with Crippen LogP contribution in [0.25, 0.3) is 0 Å². The minimum absolute atomic E-state index is 0.152. The smallest absolute Gasteiger partial charge is 0.335 e. The third kappa shape index (κ3) is 3.78. The number of ether oxygens (including phenoxy) is 1. The Morgan fingerprint density at radius 1 is 1.35 bits per heavy atom. The molecule has 0 atom stereocenters. The van der Waals surface area contributed by atoms with Gasteiger partial charge in [-0.2, -0.15) is 0 Å². The summed E-state index contributed by atoms with van der Waals surface area (Å²) < 4.78 is 7.33. The number of aromatic nitrogens is 4. The SMILES string of the molecule is CC(C)(COc1ccc(C(=O)O)cc1)Cn1cnnn1. The summed E-state index contributed by atoms with van der Waals surface area (Å²) in [6.45, 7) is 5.19. The molecule has 1 aromatic carbocycles. The van der Waals surface area contributed by atoms with Crippen molar-refractivity contribution in [2.75, 3.05) is 6.61 Å². The summed E-state index contributed by atoms with van der Waals surface area (Å²) in [5, 5.41) is 19.8. The van der Waals surface area contributed by atoms with Crippen molar-refractivity contribution in [3.63, 3.8) is 0 Å². The fraction of sp³-hybridized carbons (Fsp3) is 0.385. The molecule has 0 saturated heterocycles. The summed E-state index contributed by atoms with van der Waals surface area (Å²) in [7, 11) is 0. The van der Waals surface area contributed by atoms with E-state index in [-0.39, 0.29) is 11.0 Å². The van der Waals surface area contributed by atoms with Crippen molar-refractivity contribution < 1.29 is 14.6 Å². The number of hydrogen-bond donors (Lipinski definition) is 1. The lowest BCUT2D eigenvalue weighted by molar-refractivity contribution is 0.0696. The minimum Gasteiger partial charge on any atom is -0.493 e. The summed E-state index contributed by atoms with van der Waals surface area (Å²) in [5.41, 5.74) is 0.0891. The molecule has 0 aliphatic heterocycles. The summed E-state index contributed by atoms with van der Waals surface area (Å²) in [4.78, 5) is 10.7. The molecule has 0 radical (unpaired) electrons. The maximum atomic E-state index is 10.7. The Bertz CT molecular complexity index is 564. The van der Waals surface area contributed by atoms with E-state index in [9.17, 15) is 4.79 Å². The maximum absolute atomic E-state index is 10.7. The average Bonchev–Trinajstić information content (AvgIpc) is 2.89. The molecule has 0 aliphatic rings. The first-order valence-electron chi connectivity index (χ1n) is 6.13. The number of hydrogen-bond acceptors (Lipinski definition) is 5. The summed E-state index contributed by atoms with van der Waals surface area (Å²) in [6.07, 6.45) is 1.56. The van der Waals surface area contributed by atoms with E-state index in [1.54, 1.807) is 23.1 Å². The molecular weight excluding hydrogens is 260 g/mol. The van der Waals surface area contributed by atoms with Gasteiger partial charge in [-0.3, -0.25) is 0 Å². The molecule has 0 bridgehead atoms. The lowest BCUT2D eigenvalue weighted by Crippen LogP contribution is -2.27. The summed E-state index contributed by atoms with van der Waals surface area (Å²) in [6, 6.07) is 6.34. The molecule has 7 heteroatoms. The minimum atomic E-state index is -0.949. The molecular formula is C13H16N4O3. The van der Waals surface area contributed by atoms with Gasteiger partial charge in [0, 0.05) is 5.41 Å². The van der Waals surface area contributed by atoms with Crippen molar-refractivity contribution in [3.8, 4) is 5.75 Å². The normalized spacial score (nSPS) is 11.3. The highest BCUT2D eigenvalue weighted by Gasteiger charge is 2.20. The van der Waals surface area contributed by atoms with Gasteiger partial charge in [-0.15, -0.1) is 5.10 Å². The molecule has 106 valence electrons. The van der Waals surface area contributed by atoms with Crippen molar-refractivity contribution in [2.24, 2.45) is 5.41 Å². The molecule has 0 saturated carbocycles. The zero-order valence-corrected chi connectivity index (χ0v) is 11.4. The van der Waals surface area contributed by atoms with Gasteiger partial charge in [0.15, 0.2) is 0 Å². The molecule has 0 aliphatic carbocycles. The predicted octanol–water partition coefficient (Wildman–Crippen LogP) is 1.48. The highest BCUT2D eigenvalue weighted by molar-refractivity contribution is 5.87. The van der Waals surface area contributed by atoms with Gasteiger partial charge >= 0.3 is 5.97 Å². The van der Waals surface area contributed by atoms with E-state index in [0.717, 1.165) is 0 Å². The lowest BCUT2D eigenvalue weighted by Gasteiger charge is -2.24. The largest absolute Gasteiger partial charge is 0.493 e. The van der Waals surface area contributed by atoms with E-state index in [1.807, 2.05) is 13.8 Å². The molecule has 0 amide bonds. The first-order chi connectivity index (χ1) is 9.46. The van der Waals surface area contributed by atoms with Gasteiger partial charge in [-0.05, 0) is 34.7 Å². The number of carbonyl (C=O) groups is 1. The number of aromatic carboxylic acids is 1. The zero-order valence-electron chi connectivity index (χ0n) is 11.4. The van der Waals surface area contributed by atoms with Gasteiger partial charge in [0.1, 0.15) is 12.1 Å². The summed E-state index contributed by atoms with van der Waals surface area (Å²) >= 11 is 0. The van der Waals surface area contributed by atoms with Crippen LogP contribution in [0.2, 0.25) is 0 Å². The van der Waals surface area contributed by atoms with Crippen LogP contribution >= 0.6 is 0 Å². The van der Waals surface area contributed by atoms with Gasteiger partial charge in [-0.25, -0.2) is 9.48 Å². The number of benzene rings is 1. The topological polar surface area (TPSA) is 90.1 Å². The average molecular weight is 276 g/mol. The van der Waals surface area contributed by atoms with Crippen molar-refractivity contribution >= 4 is 5.97 Å². The van der Waals surface area contributed by atoms with Crippen molar-refractivity contribution in [3.05, 3.63) is 36.2 Å². The second-order valence-electron chi connectivity index (χ2n) is 5.29. The Hall–Kier alpha value is -2.44. The second-order valence-corrected chi connectivity index (χ2v) is 5.29. The fourth-order valence-electron chi connectivity index (χ4n) is 1.71. The Kier molecular flexibility index (Phi) is 3.97. The van der Waals surface area contributed by atoms with Crippen molar-refractivity contribution in [1.29, 1.82) is 0 Å². The number of tetrazole rings is 1. The second kappa shape index (κ2) is 5.68. The van der Waals surface area contributed by atoms with E-state index in [4.69, 9.17) is 9.84 Å². The van der Waals surface area contributed by atoms with Crippen LogP contribution in [0.5, 0.6) is 5.75 Å². The molecule has 20 heavy (non-hydrogen) atoms. The van der Waals surface area contributed by atoms with Crippen LogP contribution in [-0.4, -0.2) is 37.9 Å². The van der Waals surface area contributed by atoms with E-state index >= 15 is 0 Å². The fourth-order valence-corrected chi connectivity index (χ4v) is 1.71. The molecule has 1 heterocycles. The monoisotopic (exact) mass is 276 g/mol. The summed E-state index contributed by atoms with van der Waals surface area (Å²) in [5.74, 6) is -0.310.